The summed E-state index contributed by atoms with van der Waals surface area (Å²) in [6.45, 7) is -0.514. The highest BCUT2D eigenvalue weighted by molar-refractivity contribution is 5.90. The van der Waals surface area contributed by atoms with Crippen molar-refractivity contribution in [2.75, 3.05) is 13.7 Å². The Morgan fingerprint density at radius 1 is 1.21 bits per heavy atom. The van der Waals surface area contributed by atoms with Gasteiger partial charge < -0.3 is 14.8 Å². The molecule has 0 fully saturated rings. The van der Waals surface area contributed by atoms with Gasteiger partial charge in [0.25, 0.3) is 5.91 Å². The molecule has 0 bridgehead atoms. The number of methoxy groups -OCH3 is 1. The highest BCUT2D eigenvalue weighted by atomic mass is 16.5. The predicted molar refractivity (Wildman–Crippen MR) is 83.0 cm³/mol. The summed E-state index contributed by atoms with van der Waals surface area (Å²) in [5.74, 6) is -1.89. The van der Waals surface area contributed by atoms with Gasteiger partial charge in [0.1, 0.15) is 11.7 Å². The third-order valence-corrected chi connectivity index (χ3v) is 3.16. The van der Waals surface area contributed by atoms with E-state index in [0.717, 1.165) is 5.56 Å². The van der Waals surface area contributed by atoms with Crippen molar-refractivity contribution in [1.82, 2.24) is 15.5 Å². The van der Waals surface area contributed by atoms with Crippen LogP contribution in [0.3, 0.4) is 0 Å². The molecule has 0 aliphatic rings. The van der Waals surface area contributed by atoms with E-state index in [1.807, 2.05) is 30.3 Å². The summed E-state index contributed by atoms with van der Waals surface area (Å²) in [5, 5.41) is 8.54. The molecule has 2 N–H and O–H groups in total. The van der Waals surface area contributed by atoms with Gasteiger partial charge in [0.15, 0.2) is 6.61 Å². The first-order valence-corrected chi connectivity index (χ1v) is 7.17. The molecule has 0 saturated carbocycles. The van der Waals surface area contributed by atoms with Crippen molar-refractivity contribution in [3.8, 4) is 0 Å². The van der Waals surface area contributed by atoms with Gasteiger partial charge in [0.2, 0.25) is 0 Å². The zero-order valence-corrected chi connectivity index (χ0v) is 13.0. The molecule has 0 saturated heterocycles. The van der Waals surface area contributed by atoms with Crippen LogP contribution in [0.4, 0.5) is 0 Å². The lowest BCUT2D eigenvalue weighted by molar-refractivity contribution is -0.145. The maximum atomic E-state index is 11.9. The zero-order chi connectivity index (χ0) is 17.4. The van der Waals surface area contributed by atoms with Crippen LogP contribution in [0.2, 0.25) is 0 Å². The van der Waals surface area contributed by atoms with Gasteiger partial charge in [0.05, 0.1) is 7.11 Å². The Balaban J connectivity index is 1.89. The number of aromatic amines is 1. The molecule has 1 amide bonds. The SMILES string of the molecule is COC(=O)C(Cc1ccccc1)NC(=O)COC(=O)c1ccn[nH]1. The van der Waals surface area contributed by atoms with Crippen LogP contribution in [-0.2, 0) is 25.5 Å². The molecule has 0 spiro atoms. The molecule has 126 valence electrons. The highest BCUT2D eigenvalue weighted by Crippen LogP contribution is 2.05. The Morgan fingerprint density at radius 2 is 1.96 bits per heavy atom. The van der Waals surface area contributed by atoms with Crippen molar-refractivity contribution < 1.29 is 23.9 Å². The smallest absolute Gasteiger partial charge is 0.356 e. The second kappa shape index (κ2) is 8.47. The van der Waals surface area contributed by atoms with Crippen LogP contribution in [-0.4, -0.2) is 47.8 Å². The Bertz CT molecular complexity index is 685. The van der Waals surface area contributed by atoms with Crippen molar-refractivity contribution in [3.63, 3.8) is 0 Å². The number of benzene rings is 1. The van der Waals surface area contributed by atoms with Gasteiger partial charge in [-0.2, -0.15) is 5.10 Å². The number of H-pyrrole nitrogens is 1. The molecular formula is C16H17N3O5. The number of amides is 1. The predicted octanol–water partition coefficient (Wildman–Crippen LogP) is 0.467. The van der Waals surface area contributed by atoms with E-state index in [2.05, 4.69) is 15.5 Å². The number of nitrogens with one attached hydrogen (secondary N) is 2. The zero-order valence-electron chi connectivity index (χ0n) is 13.0. The molecule has 8 nitrogen and oxygen atoms in total. The summed E-state index contributed by atoms with van der Waals surface area (Å²) >= 11 is 0. The van der Waals surface area contributed by atoms with Crippen molar-refractivity contribution in [2.45, 2.75) is 12.5 Å². The first kappa shape index (κ1) is 17.2. The fourth-order valence-electron chi connectivity index (χ4n) is 2.00. The van der Waals surface area contributed by atoms with Crippen LogP contribution in [0.15, 0.2) is 42.6 Å². The first-order chi connectivity index (χ1) is 11.6. The van der Waals surface area contributed by atoms with Crippen LogP contribution in [0.1, 0.15) is 16.1 Å². The number of hydrogen-bond donors (Lipinski definition) is 2. The van der Waals surface area contributed by atoms with E-state index >= 15 is 0 Å². The second-order valence-electron chi connectivity index (χ2n) is 4.88. The molecule has 8 heteroatoms. The summed E-state index contributed by atoms with van der Waals surface area (Å²) in [6.07, 6.45) is 1.66. The number of carbonyl (C=O) groups is 3. The van der Waals surface area contributed by atoms with Crippen molar-refractivity contribution in [2.24, 2.45) is 0 Å². The van der Waals surface area contributed by atoms with E-state index < -0.39 is 30.5 Å². The van der Waals surface area contributed by atoms with Gasteiger partial charge in [-0.05, 0) is 11.6 Å². The minimum Gasteiger partial charge on any atom is -0.467 e. The Hall–Kier alpha value is -3.16. The summed E-state index contributed by atoms with van der Waals surface area (Å²) < 4.78 is 9.53. The van der Waals surface area contributed by atoms with Gasteiger partial charge in [-0.15, -0.1) is 0 Å². The van der Waals surface area contributed by atoms with Gasteiger partial charge in [-0.1, -0.05) is 30.3 Å². The lowest BCUT2D eigenvalue weighted by Gasteiger charge is -2.16. The monoisotopic (exact) mass is 331 g/mol. The minimum atomic E-state index is -0.865. The van der Waals surface area contributed by atoms with E-state index in [1.54, 1.807) is 0 Å². The van der Waals surface area contributed by atoms with Crippen molar-refractivity contribution >= 4 is 17.8 Å². The molecular weight excluding hydrogens is 314 g/mol. The van der Waals surface area contributed by atoms with Crippen LogP contribution in [0.5, 0.6) is 0 Å². The third-order valence-electron chi connectivity index (χ3n) is 3.16. The number of ether oxygens (including phenoxy) is 2. The summed E-state index contributed by atoms with van der Waals surface area (Å²) in [7, 11) is 1.24. The average Bonchev–Trinajstić information content (AvgIpc) is 3.14. The summed E-state index contributed by atoms with van der Waals surface area (Å²) in [5.41, 5.74) is 0.999. The molecule has 1 atom stereocenters. The lowest BCUT2D eigenvalue weighted by Crippen LogP contribution is -2.44. The molecule has 0 aliphatic carbocycles. The largest absolute Gasteiger partial charge is 0.467 e. The molecule has 2 aromatic rings. The van der Waals surface area contributed by atoms with Crippen LogP contribution >= 0.6 is 0 Å². The fraction of sp³-hybridized carbons (Fsp3) is 0.250. The highest BCUT2D eigenvalue weighted by Gasteiger charge is 2.22. The third kappa shape index (κ3) is 4.94. The maximum Gasteiger partial charge on any atom is 0.356 e. The topological polar surface area (TPSA) is 110 Å². The van der Waals surface area contributed by atoms with Gasteiger partial charge in [0, 0.05) is 12.6 Å². The molecule has 0 aliphatic heterocycles. The lowest BCUT2D eigenvalue weighted by atomic mass is 10.1. The van der Waals surface area contributed by atoms with E-state index in [4.69, 9.17) is 9.47 Å². The fourth-order valence-corrected chi connectivity index (χ4v) is 2.00. The van der Waals surface area contributed by atoms with Crippen molar-refractivity contribution in [1.29, 1.82) is 0 Å². The van der Waals surface area contributed by atoms with E-state index in [9.17, 15) is 14.4 Å². The summed E-state index contributed by atoms with van der Waals surface area (Å²) in [4.78, 5) is 35.3. The quantitative estimate of drug-likeness (QED) is 0.714. The van der Waals surface area contributed by atoms with Crippen LogP contribution in [0, 0.1) is 0 Å². The molecule has 1 aromatic carbocycles. The number of nitrogens with zero attached hydrogens (tertiary/aromatic N) is 1. The van der Waals surface area contributed by atoms with Gasteiger partial charge >= 0.3 is 11.9 Å². The Kier molecular flexibility index (Phi) is 6.07. The molecule has 1 aromatic heterocycles. The maximum absolute atomic E-state index is 11.9. The molecule has 0 radical (unpaired) electrons. The number of carbonyl (C=O) groups excluding carboxylic acids is 3. The average molecular weight is 331 g/mol. The number of aromatic nitrogens is 2. The van der Waals surface area contributed by atoms with E-state index in [-0.39, 0.29) is 12.1 Å². The van der Waals surface area contributed by atoms with E-state index in [0.29, 0.717) is 0 Å². The number of hydrogen-bond acceptors (Lipinski definition) is 6. The van der Waals surface area contributed by atoms with Crippen molar-refractivity contribution in [3.05, 3.63) is 53.9 Å². The Morgan fingerprint density at radius 3 is 2.58 bits per heavy atom. The summed E-state index contributed by atoms with van der Waals surface area (Å²) in [6, 6.07) is 9.74. The van der Waals surface area contributed by atoms with Crippen LogP contribution in [0.25, 0.3) is 0 Å². The van der Waals surface area contributed by atoms with E-state index in [1.165, 1.54) is 19.4 Å². The number of esters is 2. The van der Waals surface area contributed by atoms with Gasteiger partial charge in [-0.3, -0.25) is 9.89 Å². The normalized spacial score (nSPS) is 11.4. The van der Waals surface area contributed by atoms with Crippen LogP contribution < -0.4 is 5.32 Å². The standard InChI is InChI=1S/C16H17N3O5/c1-23-15(21)13(9-11-5-3-2-4-6-11)18-14(20)10-24-16(22)12-7-8-17-19-12/h2-8,13H,9-10H2,1H3,(H,17,19)(H,18,20). The second-order valence-corrected chi connectivity index (χ2v) is 4.88. The minimum absolute atomic E-state index is 0.136. The first-order valence-electron chi connectivity index (χ1n) is 7.17. The van der Waals surface area contributed by atoms with Gasteiger partial charge in [-0.25, -0.2) is 9.59 Å². The number of rotatable bonds is 7. The molecule has 2 rings (SSSR count). The Labute approximate surface area is 138 Å². The molecule has 24 heavy (non-hydrogen) atoms. The molecule has 1 heterocycles. The molecule has 1 unspecified atom stereocenters.